The molecule has 0 unspecified atom stereocenters. The first-order valence-electron chi connectivity index (χ1n) is 5.60. The molecule has 0 radical (unpaired) electrons. The van der Waals surface area contributed by atoms with Crippen molar-refractivity contribution >= 4 is 11.6 Å². The quantitative estimate of drug-likeness (QED) is 0.836. The van der Waals surface area contributed by atoms with E-state index in [-0.39, 0.29) is 0 Å². The van der Waals surface area contributed by atoms with E-state index in [1.165, 1.54) is 30.4 Å². The van der Waals surface area contributed by atoms with Crippen LogP contribution in [-0.2, 0) is 6.42 Å². The summed E-state index contributed by atoms with van der Waals surface area (Å²) in [6, 6.07) is 6.17. The van der Waals surface area contributed by atoms with Gasteiger partial charge in [0.2, 0.25) is 0 Å². The first kappa shape index (κ1) is 11.0. The van der Waals surface area contributed by atoms with Crippen LogP contribution in [0, 0.1) is 12.3 Å². The summed E-state index contributed by atoms with van der Waals surface area (Å²) < 4.78 is 0. The summed E-state index contributed by atoms with van der Waals surface area (Å²) in [5.41, 5.74) is 8.96. The summed E-state index contributed by atoms with van der Waals surface area (Å²) in [5.74, 6) is 0. The Morgan fingerprint density at radius 2 is 2.13 bits per heavy atom. The van der Waals surface area contributed by atoms with Crippen LogP contribution in [0.1, 0.15) is 30.4 Å². The average Bonchev–Trinajstić information content (AvgIpc) is 2.14. The smallest absolute Gasteiger partial charge is 0.0408 e. The van der Waals surface area contributed by atoms with E-state index in [4.69, 9.17) is 17.3 Å². The predicted octanol–water partition coefficient (Wildman–Crippen LogP) is 3.32. The number of nitrogens with two attached hydrogens (primary N) is 1. The fourth-order valence-corrected chi connectivity index (χ4v) is 2.62. The zero-order valence-corrected chi connectivity index (χ0v) is 9.98. The van der Waals surface area contributed by atoms with Gasteiger partial charge >= 0.3 is 0 Å². The predicted molar refractivity (Wildman–Crippen MR) is 65.2 cm³/mol. The molecule has 1 aliphatic carbocycles. The summed E-state index contributed by atoms with van der Waals surface area (Å²) >= 11 is 5.95. The lowest BCUT2D eigenvalue weighted by atomic mass is 9.65. The molecule has 0 heterocycles. The minimum absolute atomic E-state index is 0.387. The lowest BCUT2D eigenvalue weighted by Gasteiger charge is -2.41. The number of hydrogen-bond donors (Lipinski definition) is 1. The second-order valence-electron chi connectivity index (χ2n) is 4.81. The summed E-state index contributed by atoms with van der Waals surface area (Å²) in [5, 5.41) is 0.826. The van der Waals surface area contributed by atoms with Crippen LogP contribution in [0.25, 0.3) is 0 Å². The van der Waals surface area contributed by atoms with Crippen molar-refractivity contribution in [1.82, 2.24) is 0 Å². The van der Waals surface area contributed by atoms with Crippen LogP contribution in [0.5, 0.6) is 0 Å². The third-order valence-electron chi connectivity index (χ3n) is 3.72. The Morgan fingerprint density at radius 3 is 2.60 bits per heavy atom. The molecule has 0 bridgehead atoms. The van der Waals surface area contributed by atoms with Gasteiger partial charge in [-0.2, -0.15) is 0 Å². The number of aryl methyl sites for hydroxylation is 1. The Balaban J connectivity index is 2.16. The highest BCUT2D eigenvalue weighted by atomic mass is 35.5. The molecule has 15 heavy (non-hydrogen) atoms. The molecular weight excluding hydrogens is 206 g/mol. The number of rotatable bonds is 3. The van der Waals surface area contributed by atoms with Crippen molar-refractivity contribution in [2.24, 2.45) is 11.1 Å². The Bertz CT molecular complexity index is 350. The molecule has 0 spiro atoms. The molecule has 1 nitrogen and oxygen atoms in total. The largest absolute Gasteiger partial charge is 0.330 e. The fraction of sp³-hybridized carbons (Fsp3) is 0.538. The maximum Gasteiger partial charge on any atom is 0.0408 e. The standard InChI is InChI=1S/C13H18ClN/c1-10-7-12(14)4-3-11(10)8-13(9-15)5-2-6-13/h3-4,7H,2,5-6,8-9,15H2,1H3. The highest BCUT2D eigenvalue weighted by Gasteiger charge is 2.35. The molecular formula is C13H18ClN. The fourth-order valence-electron chi connectivity index (χ4n) is 2.39. The lowest BCUT2D eigenvalue weighted by molar-refractivity contribution is 0.144. The van der Waals surface area contributed by atoms with E-state index >= 15 is 0 Å². The Hall–Kier alpha value is -0.530. The lowest BCUT2D eigenvalue weighted by Crippen LogP contribution is -2.39. The van der Waals surface area contributed by atoms with Gasteiger partial charge in [-0.3, -0.25) is 0 Å². The number of halogens is 1. The third-order valence-corrected chi connectivity index (χ3v) is 3.95. The van der Waals surface area contributed by atoms with Gasteiger partial charge in [-0.1, -0.05) is 24.1 Å². The Labute approximate surface area is 96.6 Å². The van der Waals surface area contributed by atoms with Crippen molar-refractivity contribution in [3.05, 3.63) is 34.3 Å². The van der Waals surface area contributed by atoms with Gasteiger partial charge in [0.1, 0.15) is 0 Å². The van der Waals surface area contributed by atoms with Crippen molar-refractivity contribution < 1.29 is 0 Å². The zero-order valence-electron chi connectivity index (χ0n) is 9.22. The van der Waals surface area contributed by atoms with Crippen LogP contribution >= 0.6 is 11.6 Å². The molecule has 1 aliphatic rings. The van der Waals surface area contributed by atoms with E-state index < -0.39 is 0 Å². The molecule has 0 atom stereocenters. The van der Waals surface area contributed by atoms with Crippen molar-refractivity contribution in [3.8, 4) is 0 Å². The average molecular weight is 224 g/mol. The molecule has 0 saturated heterocycles. The van der Waals surface area contributed by atoms with Crippen molar-refractivity contribution in [2.75, 3.05) is 6.54 Å². The van der Waals surface area contributed by atoms with Gasteiger partial charge in [-0.25, -0.2) is 0 Å². The topological polar surface area (TPSA) is 26.0 Å². The summed E-state index contributed by atoms with van der Waals surface area (Å²) in [7, 11) is 0. The first-order chi connectivity index (χ1) is 7.15. The van der Waals surface area contributed by atoms with E-state index in [0.717, 1.165) is 18.0 Å². The molecule has 1 aromatic rings. The molecule has 2 N–H and O–H groups in total. The molecule has 82 valence electrons. The van der Waals surface area contributed by atoms with Crippen molar-refractivity contribution in [3.63, 3.8) is 0 Å². The van der Waals surface area contributed by atoms with Gasteiger partial charge in [0, 0.05) is 5.02 Å². The summed E-state index contributed by atoms with van der Waals surface area (Å²) in [6.07, 6.45) is 5.02. The van der Waals surface area contributed by atoms with Crippen LogP contribution in [0.4, 0.5) is 0 Å². The van der Waals surface area contributed by atoms with Crippen LogP contribution < -0.4 is 5.73 Å². The van der Waals surface area contributed by atoms with Crippen molar-refractivity contribution in [2.45, 2.75) is 32.6 Å². The van der Waals surface area contributed by atoms with E-state index in [2.05, 4.69) is 13.0 Å². The van der Waals surface area contributed by atoms with Gasteiger partial charge in [0.25, 0.3) is 0 Å². The molecule has 1 aromatic carbocycles. The second kappa shape index (κ2) is 4.15. The molecule has 0 aliphatic heterocycles. The van der Waals surface area contributed by atoms with Crippen LogP contribution in [0.3, 0.4) is 0 Å². The molecule has 0 amide bonds. The SMILES string of the molecule is Cc1cc(Cl)ccc1CC1(CN)CCC1. The molecule has 1 saturated carbocycles. The van der Waals surface area contributed by atoms with Crippen molar-refractivity contribution in [1.29, 1.82) is 0 Å². The van der Waals surface area contributed by atoms with E-state index in [0.29, 0.717) is 5.41 Å². The third kappa shape index (κ3) is 2.19. The molecule has 2 rings (SSSR count). The van der Waals surface area contributed by atoms with Crippen LogP contribution in [0.15, 0.2) is 18.2 Å². The maximum absolute atomic E-state index is 5.95. The number of hydrogen-bond acceptors (Lipinski definition) is 1. The van der Waals surface area contributed by atoms with Gasteiger partial charge in [0.05, 0.1) is 0 Å². The Kier molecular flexibility index (Phi) is 3.03. The summed E-state index contributed by atoms with van der Waals surface area (Å²) in [6.45, 7) is 2.94. The van der Waals surface area contributed by atoms with Crippen LogP contribution in [-0.4, -0.2) is 6.54 Å². The molecule has 1 fully saturated rings. The minimum atomic E-state index is 0.387. The monoisotopic (exact) mass is 223 g/mol. The highest BCUT2D eigenvalue weighted by molar-refractivity contribution is 6.30. The van der Waals surface area contributed by atoms with Gasteiger partial charge in [0.15, 0.2) is 0 Å². The van der Waals surface area contributed by atoms with Crippen LogP contribution in [0.2, 0.25) is 5.02 Å². The first-order valence-corrected chi connectivity index (χ1v) is 5.98. The van der Waals surface area contributed by atoms with Gasteiger partial charge in [-0.15, -0.1) is 0 Å². The van der Waals surface area contributed by atoms with Gasteiger partial charge in [-0.05, 0) is 61.4 Å². The van der Waals surface area contributed by atoms with Gasteiger partial charge < -0.3 is 5.73 Å². The molecule has 2 heteroatoms. The number of benzene rings is 1. The highest BCUT2D eigenvalue weighted by Crippen LogP contribution is 2.43. The minimum Gasteiger partial charge on any atom is -0.330 e. The van der Waals surface area contributed by atoms with E-state index in [1.54, 1.807) is 0 Å². The summed E-state index contributed by atoms with van der Waals surface area (Å²) in [4.78, 5) is 0. The second-order valence-corrected chi connectivity index (χ2v) is 5.24. The maximum atomic E-state index is 5.95. The Morgan fingerprint density at radius 1 is 1.40 bits per heavy atom. The zero-order chi connectivity index (χ0) is 10.9. The van der Waals surface area contributed by atoms with E-state index in [9.17, 15) is 0 Å². The molecule has 0 aromatic heterocycles. The van der Waals surface area contributed by atoms with E-state index in [1.807, 2.05) is 12.1 Å². The normalized spacial score (nSPS) is 18.6.